The molecule has 1 unspecified atom stereocenters. The standard InChI is InChI=1S/C20H20ClFN2O3/c1-20(10-9-13-3-7-16(27-2)8-4-13)18(25)24(19(26)23-20)12-14-5-6-15(22)11-17(14)21/h3-8,11H,9-10,12H2,1-2H3,(H,23,26). The van der Waals surface area contributed by atoms with E-state index in [0.717, 1.165) is 22.3 Å². The molecule has 27 heavy (non-hydrogen) atoms. The van der Waals surface area contributed by atoms with Crippen LogP contribution in [0.25, 0.3) is 0 Å². The summed E-state index contributed by atoms with van der Waals surface area (Å²) < 4.78 is 18.3. The Hall–Kier alpha value is -2.60. The summed E-state index contributed by atoms with van der Waals surface area (Å²) in [6.07, 6.45) is 1.08. The molecule has 1 saturated heterocycles. The van der Waals surface area contributed by atoms with Crippen LogP contribution in [-0.2, 0) is 17.8 Å². The fourth-order valence-electron chi connectivity index (χ4n) is 3.07. The number of halogens is 2. The third-order valence-corrected chi connectivity index (χ3v) is 5.11. The number of ether oxygens (including phenoxy) is 1. The van der Waals surface area contributed by atoms with Gasteiger partial charge in [-0.05, 0) is 55.2 Å². The number of carbonyl (C=O) groups is 2. The first-order valence-corrected chi connectivity index (χ1v) is 8.91. The van der Waals surface area contributed by atoms with Crippen LogP contribution in [0.15, 0.2) is 42.5 Å². The molecule has 142 valence electrons. The summed E-state index contributed by atoms with van der Waals surface area (Å²) in [6, 6.07) is 11.0. The number of urea groups is 1. The molecule has 1 aliphatic rings. The number of imide groups is 1. The van der Waals surface area contributed by atoms with Crippen LogP contribution >= 0.6 is 11.6 Å². The van der Waals surface area contributed by atoms with Gasteiger partial charge in [-0.25, -0.2) is 9.18 Å². The van der Waals surface area contributed by atoms with Gasteiger partial charge in [0.15, 0.2) is 0 Å². The summed E-state index contributed by atoms with van der Waals surface area (Å²) >= 11 is 6.02. The van der Waals surface area contributed by atoms with Gasteiger partial charge in [0.05, 0.1) is 13.7 Å². The number of methoxy groups -OCH3 is 1. The fraction of sp³-hybridized carbons (Fsp3) is 0.300. The first-order valence-electron chi connectivity index (χ1n) is 8.53. The lowest BCUT2D eigenvalue weighted by atomic mass is 9.93. The smallest absolute Gasteiger partial charge is 0.325 e. The van der Waals surface area contributed by atoms with Crippen molar-refractivity contribution >= 4 is 23.5 Å². The van der Waals surface area contributed by atoms with Crippen molar-refractivity contribution < 1.29 is 18.7 Å². The Balaban J connectivity index is 1.69. The quantitative estimate of drug-likeness (QED) is 0.760. The highest BCUT2D eigenvalue weighted by atomic mass is 35.5. The van der Waals surface area contributed by atoms with E-state index in [9.17, 15) is 14.0 Å². The highest BCUT2D eigenvalue weighted by Gasteiger charge is 2.47. The van der Waals surface area contributed by atoms with Crippen molar-refractivity contribution in [1.29, 1.82) is 0 Å². The number of hydrogen-bond acceptors (Lipinski definition) is 3. The van der Waals surface area contributed by atoms with Crippen LogP contribution < -0.4 is 10.1 Å². The zero-order valence-electron chi connectivity index (χ0n) is 15.1. The van der Waals surface area contributed by atoms with Gasteiger partial charge >= 0.3 is 6.03 Å². The molecule has 3 rings (SSSR count). The van der Waals surface area contributed by atoms with Crippen molar-refractivity contribution in [2.24, 2.45) is 0 Å². The molecule has 0 bridgehead atoms. The Bertz CT molecular complexity index is 872. The highest BCUT2D eigenvalue weighted by Crippen LogP contribution is 2.27. The molecule has 1 fully saturated rings. The van der Waals surface area contributed by atoms with E-state index in [1.165, 1.54) is 12.1 Å². The topological polar surface area (TPSA) is 58.6 Å². The van der Waals surface area contributed by atoms with Gasteiger partial charge in [-0.3, -0.25) is 9.69 Å². The van der Waals surface area contributed by atoms with Crippen LogP contribution in [0.5, 0.6) is 5.75 Å². The summed E-state index contributed by atoms with van der Waals surface area (Å²) in [4.78, 5) is 26.3. The summed E-state index contributed by atoms with van der Waals surface area (Å²) in [5.41, 5.74) is 0.559. The van der Waals surface area contributed by atoms with E-state index in [1.807, 2.05) is 24.3 Å². The zero-order chi connectivity index (χ0) is 19.6. The number of amides is 3. The van der Waals surface area contributed by atoms with E-state index in [-0.39, 0.29) is 17.5 Å². The van der Waals surface area contributed by atoms with Crippen molar-refractivity contribution in [3.8, 4) is 5.75 Å². The second kappa shape index (κ2) is 7.56. The monoisotopic (exact) mass is 390 g/mol. The summed E-state index contributed by atoms with van der Waals surface area (Å²) in [6.45, 7) is 1.71. The Kier molecular flexibility index (Phi) is 5.37. The van der Waals surface area contributed by atoms with Gasteiger partial charge in [0, 0.05) is 5.02 Å². The molecule has 1 N–H and O–H groups in total. The van der Waals surface area contributed by atoms with Gasteiger partial charge in [0.25, 0.3) is 5.91 Å². The zero-order valence-corrected chi connectivity index (χ0v) is 15.8. The molecule has 1 aliphatic heterocycles. The van der Waals surface area contributed by atoms with Crippen LogP contribution in [0.2, 0.25) is 5.02 Å². The van der Waals surface area contributed by atoms with Gasteiger partial charge < -0.3 is 10.1 Å². The van der Waals surface area contributed by atoms with E-state index >= 15 is 0 Å². The van der Waals surface area contributed by atoms with Crippen molar-refractivity contribution in [3.05, 3.63) is 64.4 Å². The van der Waals surface area contributed by atoms with E-state index in [1.54, 1.807) is 14.0 Å². The number of carbonyl (C=O) groups excluding carboxylic acids is 2. The van der Waals surface area contributed by atoms with Crippen molar-refractivity contribution in [3.63, 3.8) is 0 Å². The molecule has 1 heterocycles. The van der Waals surface area contributed by atoms with Gasteiger partial charge in [0.1, 0.15) is 17.1 Å². The lowest BCUT2D eigenvalue weighted by Gasteiger charge is -2.22. The van der Waals surface area contributed by atoms with E-state index < -0.39 is 17.4 Å². The van der Waals surface area contributed by atoms with E-state index in [0.29, 0.717) is 18.4 Å². The molecule has 1 atom stereocenters. The van der Waals surface area contributed by atoms with Gasteiger partial charge in [0.2, 0.25) is 0 Å². The predicted octanol–water partition coefficient (Wildman–Crippen LogP) is 3.93. The fourth-order valence-corrected chi connectivity index (χ4v) is 3.29. The normalized spacial score (nSPS) is 19.3. The number of nitrogens with one attached hydrogen (secondary N) is 1. The largest absolute Gasteiger partial charge is 0.497 e. The molecule has 0 saturated carbocycles. The van der Waals surface area contributed by atoms with Crippen LogP contribution in [-0.4, -0.2) is 29.5 Å². The van der Waals surface area contributed by atoms with Crippen LogP contribution in [0.4, 0.5) is 9.18 Å². The SMILES string of the molecule is COc1ccc(CCC2(C)NC(=O)N(Cc3ccc(F)cc3Cl)C2=O)cc1. The third kappa shape index (κ3) is 4.06. The molecule has 2 aromatic rings. The average Bonchev–Trinajstić information content (AvgIpc) is 2.86. The Morgan fingerprint density at radius 3 is 2.52 bits per heavy atom. The minimum Gasteiger partial charge on any atom is -0.497 e. The Morgan fingerprint density at radius 2 is 1.89 bits per heavy atom. The minimum atomic E-state index is -0.997. The minimum absolute atomic E-state index is 0.00189. The highest BCUT2D eigenvalue weighted by molar-refractivity contribution is 6.31. The van der Waals surface area contributed by atoms with Gasteiger partial charge in [-0.15, -0.1) is 0 Å². The third-order valence-electron chi connectivity index (χ3n) is 4.76. The molecule has 7 heteroatoms. The molecule has 0 radical (unpaired) electrons. The maximum Gasteiger partial charge on any atom is 0.325 e. The lowest BCUT2D eigenvalue weighted by molar-refractivity contribution is -0.131. The average molecular weight is 391 g/mol. The first-order chi connectivity index (χ1) is 12.8. The van der Waals surface area contributed by atoms with Crippen LogP contribution in [0, 0.1) is 5.82 Å². The Morgan fingerprint density at radius 1 is 1.19 bits per heavy atom. The molecule has 0 spiro atoms. The first kappa shape index (κ1) is 19.2. The number of rotatable bonds is 6. The van der Waals surface area contributed by atoms with E-state index in [2.05, 4.69) is 5.32 Å². The van der Waals surface area contributed by atoms with Gasteiger partial charge in [-0.2, -0.15) is 0 Å². The molecular weight excluding hydrogens is 371 g/mol. The number of aryl methyl sites for hydroxylation is 1. The summed E-state index contributed by atoms with van der Waals surface area (Å²) in [7, 11) is 1.60. The van der Waals surface area contributed by atoms with Crippen molar-refractivity contribution in [2.75, 3.05) is 7.11 Å². The molecule has 2 aromatic carbocycles. The molecule has 0 aliphatic carbocycles. The maximum atomic E-state index is 13.2. The summed E-state index contributed by atoms with van der Waals surface area (Å²) in [5, 5.41) is 2.95. The molecule has 0 aromatic heterocycles. The number of hydrogen-bond donors (Lipinski definition) is 1. The maximum absolute atomic E-state index is 13.2. The molecular formula is C20H20ClFN2O3. The van der Waals surface area contributed by atoms with Gasteiger partial charge in [-0.1, -0.05) is 29.8 Å². The number of nitrogens with zero attached hydrogens (tertiary/aromatic N) is 1. The lowest BCUT2D eigenvalue weighted by Crippen LogP contribution is -2.44. The number of benzene rings is 2. The van der Waals surface area contributed by atoms with Crippen molar-refractivity contribution in [1.82, 2.24) is 10.2 Å². The molecule has 5 nitrogen and oxygen atoms in total. The van der Waals surface area contributed by atoms with Crippen molar-refractivity contribution in [2.45, 2.75) is 31.8 Å². The second-order valence-electron chi connectivity index (χ2n) is 6.74. The van der Waals surface area contributed by atoms with E-state index in [4.69, 9.17) is 16.3 Å². The molecule has 3 amide bonds. The summed E-state index contributed by atoms with van der Waals surface area (Å²) in [5.74, 6) is -0.0238. The predicted molar refractivity (Wildman–Crippen MR) is 100 cm³/mol. The van der Waals surface area contributed by atoms with Crippen LogP contribution in [0.3, 0.4) is 0 Å². The van der Waals surface area contributed by atoms with Crippen LogP contribution in [0.1, 0.15) is 24.5 Å². The second-order valence-corrected chi connectivity index (χ2v) is 7.14. The Labute approximate surface area is 162 Å².